The predicted molar refractivity (Wildman–Crippen MR) is 100 cm³/mol. The maximum atomic E-state index is 10.00. The van der Waals surface area contributed by atoms with Crippen LogP contribution in [0, 0.1) is 0 Å². The van der Waals surface area contributed by atoms with Gasteiger partial charge in [0.05, 0.1) is 5.52 Å². The number of hydrogen-bond donors (Lipinski definition) is 3. The Morgan fingerprint density at radius 1 is 1.12 bits per heavy atom. The zero-order chi connectivity index (χ0) is 17.4. The molecule has 1 aliphatic heterocycles. The fourth-order valence-electron chi connectivity index (χ4n) is 4.27. The minimum absolute atomic E-state index is 0.0756. The molecule has 1 atom stereocenters. The largest absolute Gasteiger partial charge is 0.504 e. The van der Waals surface area contributed by atoms with Crippen LogP contribution in [-0.4, -0.2) is 45.8 Å². The average Bonchev–Trinajstić information content (AvgIpc) is 2.94. The van der Waals surface area contributed by atoms with Crippen molar-refractivity contribution in [2.45, 2.75) is 51.5 Å². The molecule has 0 spiro atoms. The van der Waals surface area contributed by atoms with Crippen molar-refractivity contribution in [1.82, 2.24) is 9.88 Å². The smallest absolute Gasteiger partial charge is 0.159 e. The first-order chi connectivity index (χ1) is 12.2. The third-order valence-electron chi connectivity index (χ3n) is 5.72. The van der Waals surface area contributed by atoms with Gasteiger partial charge in [0.1, 0.15) is 0 Å². The Balaban J connectivity index is 1.71. The molecule has 4 rings (SSSR count). The van der Waals surface area contributed by atoms with Crippen molar-refractivity contribution < 1.29 is 10.2 Å². The molecule has 3 N–H and O–H groups in total. The topological polar surface area (TPSA) is 68.6 Å². The first kappa shape index (κ1) is 16.5. The highest BCUT2D eigenvalue weighted by molar-refractivity contribution is 5.96. The molecule has 2 aliphatic rings. The number of fused-ring (bicyclic) bond motifs is 2. The molecule has 5 heteroatoms. The van der Waals surface area contributed by atoms with Crippen molar-refractivity contribution >= 4 is 16.6 Å². The molecular weight excluding hydrogens is 314 g/mol. The van der Waals surface area contributed by atoms with Crippen LogP contribution in [-0.2, 0) is 12.8 Å². The minimum Gasteiger partial charge on any atom is -0.504 e. The summed E-state index contributed by atoms with van der Waals surface area (Å²) in [5.74, 6) is -0.176. The number of anilines is 1. The fraction of sp³-hybridized carbons (Fsp3) is 0.550. The van der Waals surface area contributed by atoms with Crippen molar-refractivity contribution in [3.63, 3.8) is 0 Å². The van der Waals surface area contributed by atoms with Gasteiger partial charge >= 0.3 is 0 Å². The van der Waals surface area contributed by atoms with Crippen LogP contribution in [0.5, 0.6) is 11.5 Å². The highest BCUT2D eigenvalue weighted by Gasteiger charge is 2.23. The van der Waals surface area contributed by atoms with Crippen LogP contribution in [0.1, 0.15) is 43.9 Å². The Labute approximate surface area is 148 Å². The zero-order valence-electron chi connectivity index (χ0n) is 14.9. The van der Waals surface area contributed by atoms with Gasteiger partial charge < -0.3 is 20.4 Å². The molecule has 2 heterocycles. The number of aryl methyl sites for hydroxylation is 1. The van der Waals surface area contributed by atoms with E-state index < -0.39 is 0 Å². The summed E-state index contributed by atoms with van der Waals surface area (Å²) in [4.78, 5) is 7.25. The van der Waals surface area contributed by atoms with Crippen molar-refractivity contribution in [3.8, 4) is 11.5 Å². The normalized spacial score (nSPS) is 21.2. The van der Waals surface area contributed by atoms with Gasteiger partial charge in [-0.3, -0.25) is 4.98 Å². The van der Waals surface area contributed by atoms with Gasteiger partial charge in [-0.1, -0.05) is 6.92 Å². The summed E-state index contributed by atoms with van der Waals surface area (Å²) in [6.45, 7) is 5.66. The molecule has 1 aromatic heterocycles. The second kappa shape index (κ2) is 6.71. The number of likely N-dealkylation sites (tertiary alicyclic amines) is 1. The van der Waals surface area contributed by atoms with Crippen LogP contribution in [0.4, 0.5) is 5.69 Å². The number of phenols is 2. The lowest BCUT2D eigenvalue weighted by Gasteiger charge is -2.22. The number of nitrogens with one attached hydrogen (secondary N) is 1. The summed E-state index contributed by atoms with van der Waals surface area (Å²) in [5, 5.41) is 24.6. The van der Waals surface area contributed by atoms with E-state index in [-0.39, 0.29) is 11.5 Å². The third-order valence-corrected chi connectivity index (χ3v) is 5.72. The van der Waals surface area contributed by atoms with Gasteiger partial charge in [-0.2, -0.15) is 0 Å². The second-order valence-electron chi connectivity index (χ2n) is 7.33. The van der Waals surface area contributed by atoms with Crippen molar-refractivity contribution in [1.29, 1.82) is 0 Å². The molecule has 0 saturated carbocycles. The van der Waals surface area contributed by atoms with Crippen LogP contribution in [0.2, 0.25) is 0 Å². The zero-order valence-corrected chi connectivity index (χ0v) is 14.9. The SMILES string of the molecule is CCN1CCCC(Nc2c3c(nc4cc(O)c(O)cc24)CCC3)CC1. The lowest BCUT2D eigenvalue weighted by Crippen LogP contribution is -2.26. The molecule has 1 unspecified atom stereocenters. The molecule has 0 amide bonds. The maximum Gasteiger partial charge on any atom is 0.159 e. The number of nitrogens with zero attached hydrogens (tertiary/aromatic N) is 2. The highest BCUT2D eigenvalue weighted by atomic mass is 16.3. The van der Waals surface area contributed by atoms with Crippen LogP contribution >= 0.6 is 0 Å². The first-order valence-corrected chi connectivity index (χ1v) is 9.52. The number of aromatic hydroxyl groups is 2. The lowest BCUT2D eigenvalue weighted by atomic mass is 10.0. The molecule has 0 bridgehead atoms. The number of phenolic OH excluding ortho intramolecular Hbond substituents is 2. The van der Waals surface area contributed by atoms with Crippen molar-refractivity contribution in [3.05, 3.63) is 23.4 Å². The molecule has 134 valence electrons. The Bertz CT molecular complexity index is 790. The van der Waals surface area contributed by atoms with E-state index in [9.17, 15) is 10.2 Å². The number of pyridine rings is 1. The molecule has 25 heavy (non-hydrogen) atoms. The lowest BCUT2D eigenvalue weighted by molar-refractivity contribution is 0.300. The summed E-state index contributed by atoms with van der Waals surface area (Å²) < 4.78 is 0. The summed E-state index contributed by atoms with van der Waals surface area (Å²) in [6.07, 6.45) is 6.67. The van der Waals surface area contributed by atoms with E-state index in [2.05, 4.69) is 17.1 Å². The standard InChI is InChI=1S/C20H27N3O2/c1-2-23-9-4-5-13(8-10-23)21-20-14-6-3-7-16(14)22-17-12-19(25)18(24)11-15(17)20/h11-13,24-25H,2-10H2,1H3,(H,21,22). The van der Waals surface area contributed by atoms with Crippen LogP contribution in [0.3, 0.4) is 0 Å². The van der Waals surface area contributed by atoms with Gasteiger partial charge in [0.2, 0.25) is 0 Å². The second-order valence-corrected chi connectivity index (χ2v) is 7.33. The summed E-state index contributed by atoms with van der Waals surface area (Å²) in [6, 6.07) is 3.69. The predicted octanol–water partition coefficient (Wildman–Crippen LogP) is 3.42. The van der Waals surface area contributed by atoms with Gasteiger partial charge in [0, 0.05) is 35.4 Å². The molecule has 1 aliphatic carbocycles. The van der Waals surface area contributed by atoms with Gasteiger partial charge in [-0.05, 0) is 63.2 Å². The quantitative estimate of drug-likeness (QED) is 0.747. The van der Waals surface area contributed by atoms with E-state index in [4.69, 9.17) is 4.98 Å². The van der Waals surface area contributed by atoms with Gasteiger partial charge in [-0.15, -0.1) is 0 Å². The summed E-state index contributed by atoms with van der Waals surface area (Å²) >= 11 is 0. The van der Waals surface area contributed by atoms with E-state index in [0.717, 1.165) is 61.1 Å². The number of hydrogen-bond acceptors (Lipinski definition) is 5. The van der Waals surface area contributed by atoms with E-state index in [0.29, 0.717) is 6.04 Å². The molecule has 1 fully saturated rings. The van der Waals surface area contributed by atoms with E-state index in [1.54, 1.807) is 12.1 Å². The number of rotatable bonds is 3. The molecule has 0 radical (unpaired) electrons. The molecule has 2 aromatic rings. The summed E-state index contributed by atoms with van der Waals surface area (Å²) in [5.41, 5.74) is 4.34. The molecule has 1 saturated heterocycles. The number of benzene rings is 1. The van der Waals surface area contributed by atoms with Gasteiger partial charge in [0.25, 0.3) is 0 Å². The first-order valence-electron chi connectivity index (χ1n) is 9.52. The molecule has 1 aromatic carbocycles. The summed E-state index contributed by atoms with van der Waals surface area (Å²) in [7, 11) is 0. The van der Waals surface area contributed by atoms with Crippen LogP contribution in [0.15, 0.2) is 12.1 Å². The Morgan fingerprint density at radius 3 is 2.80 bits per heavy atom. The minimum atomic E-state index is -0.100. The van der Waals surface area contributed by atoms with Crippen molar-refractivity contribution in [2.24, 2.45) is 0 Å². The highest BCUT2D eigenvalue weighted by Crippen LogP contribution is 2.39. The van der Waals surface area contributed by atoms with Gasteiger partial charge in [0.15, 0.2) is 11.5 Å². The maximum absolute atomic E-state index is 10.00. The Kier molecular flexibility index (Phi) is 4.42. The van der Waals surface area contributed by atoms with Gasteiger partial charge in [-0.25, -0.2) is 0 Å². The molecule has 5 nitrogen and oxygen atoms in total. The van der Waals surface area contributed by atoms with Crippen molar-refractivity contribution in [2.75, 3.05) is 25.0 Å². The van der Waals surface area contributed by atoms with Crippen LogP contribution < -0.4 is 5.32 Å². The third kappa shape index (κ3) is 3.13. The average molecular weight is 341 g/mol. The van der Waals surface area contributed by atoms with E-state index >= 15 is 0 Å². The Morgan fingerprint density at radius 2 is 1.96 bits per heavy atom. The van der Waals surface area contributed by atoms with Crippen LogP contribution in [0.25, 0.3) is 10.9 Å². The fourth-order valence-corrected chi connectivity index (χ4v) is 4.27. The molecular formula is C20H27N3O2. The van der Waals surface area contributed by atoms with E-state index in [1.807, 2.05) is 0 Å². The monoisotopic (exact) mass is 341 g/mol. The van der Waals surface area contributed by atoms with E-state index in [1.165, 1.54) is 24.9 Å². The number of aromatic nitrogens is 1. The Hall–Kier alpha value is -2.01.